The van der Waals surface area contributed by atoms with Gasteiger partial charge in [-0.05, 0) is 44.0 Å². The summed E-state index contributed by atoms with van der Waals surface area (Å²) in [5, 5.41) is 3.19. The van der Waals surface area contributed by atoms with E-state index in [1.165, 1.54) is 13.2 Å². The highest BCUT2D eigenvalue weighted by molar-refractivity contribution is 5.45. The maximum atomic E-state index is 13.5. The summed E-state index contributed by atoms with van der Waals surface area (Å²) in [5.41, 5.74) is 0.209. The number of alkyl halides is 2. The molecule has 2 nitrogen and oxygen atoms in total. The van der Waals surface area contributed by atoms with E-state index in [1.54, 1.807) is 0 Å². The van der Waals surface area contributed by atoms with Crippen molar-refractivity contribution < 1.29 is 17.9 Å². The number of hydrogen-bond donors (Lipinski definition) is 1. The first-order chi connectivity index (χ1) is 8.63. The maximum Gasteiger partial charge on any atom is 0.267 e. The second-order valence-electron chi connectivity index (χ2n) is 4.44. The van der Waals surface area contributed by atoms with Crippen LogP contribution in [0, 0.1) is 5.82 Å². The summed E-state index contributed by atoms with van der Waals surface area (Å²) < 4.78 is 44.3. The third-order valence-corrected chi connectivity index (χ3v) is 3.33. The predicted octanol–water partition coefficient (Wildman–Crippen LogP) is 3.24. The van der Waals surface area contributed by atoms with Crippen molar-refractivity contribution in [2.75, 3.05) is 20.2 Å². The standard InChI is InChI=1S/C13H16F3NO/c1-18-12-10(8-2-4-17-5-3-8)6-9(14)7-11(12)13(15)16/h6-8,13,17H,2-5H2,1H3. The molecular weight excluding hydrogens is 243 g/mol. The SMILES string of the molecule is COc1c(C(F)F)cc(F)cc1C1CCNCC1. The topological polar surface area (TPSA) is 21.3 Å². The highest BCUT2D eigenvalue weighted by Crippen LogP contribution is 2.39. The van der Waals surface area contributed by atoms with Crippen LogP contribution >= 0.6 is 0 Å². The Bertz CT molecular complexity index is 417. The summed E-state index contributed by atoms with van der Waals surface area (Å²) in [5.74, 6) is -0.410. The van der Waals surface area contributed by atoms with Gasteiger partial charge in [0.05, 0.1) is 12.7 Å². The van der Waals surface area contributed by atoms with E-state index in [2.05, 4.69) is 5.32 Å². The van der Waals surface area contributed by atoms with Crippen molar-refractivity contribution in [1.82, 2.24) is 5.32 Å². The van der Waals surface area contributed by atoms with Crippen molar-refractivity contribution >= 4 is 0 Å². The molecule has 0 spiro atoms. The fourth-order valence-corrected chi connectivity index (χ4v) is 2.47. The van der Waals surface area contributed by atoms with Crippen molar-refractivity contribution in [3.8, 4) is 5.75 Å². The third-order valence-electron chi connectivity index (χ3n) is 3.33. The lowest BCUT2D eigenvalue weighted by molar-refractivity contribution is 0.146. The largest absolute Gasteiger partial charge is 0.496 e. The number of ether oxygens (including phenoxy) is 1. The first-order valence-electron chi connectivity index (χ1n) is 5.99. The molecule has 1 aromatic carbocycles. The van der Waals surface area contributed by atoms with Gasteiger partial charge in [0.2, 0.25) is 0 Å². The van der Waals surface area contributed by atoms with Gasteiger partial charge in [-0.2, -0.15) is 0 Å². The zero-order valence-electron chi connectivity index (χ0n) is 10.2. The monoisotopic (exact) mass is 259 g/mol. The van der Waals surface area contributed by atoms with E-state index >= 15 is 0 Å². The zero-order valence-corrected chi connectivity index (χ0v) is 10.2. The molecular formula is C13H16F3NO. The summed E-state index contributed by atoms with van der Waals surface area (Å²) in [6.45, 7) is 1.63. The van der Waals surface area contributed by atoms with Crippen molar-refractivity contribution in [2.24, 2.45) is 0 Å². The molecule has 0 bridgehead atoms. The predicted molar refractivity (Wildman–Crippen MR) is 62.8 cm³/mol. The Morgan fingerprint density at radius 1 is 1.28 bits per heavy atom. The first-order valence-corrected chi connectivity index (χ1v) is 5.99. The van der Waals surface area contributed by atoms with E-state index in [0.29, 0.717) is 5.56 Å². The van der Waals surface area contributed by atoms with Gasteiger partial charge in [-0.1, -0.05) is 0 Å². The van der Waals surface area contributed by atoms with Crippen LogP contribution in [0.15, 0.2) is 12.1 Å². The van der Waals surface area contributed by atoms with Crippen molar-refractivity contribution in [3.63, 3.8) is 0 Å². The summed E-state index contributed by atoms with van der Waals surface area (Å²) >= 11 is 0. The summed E-state index contributed by atoms with van der Waals surface area (Å²) in [6, 6.07) is 2.18. The summed E-state index contributed by atoms with van der Waals surface area (Å²) in [6.07, 6.45) is -1.11. The van der Waals surface area contributed by atoms with Gasteiger partial charge in [-0.3, -0.25) is 0 Å². The fraction of sp³-hybridized carbons (Fsp3) is 0.538. The smallest absolute Gasteiger partial charge is 0.267 e. The van der Waals surface area contributed by atoms with E-state index in [9.17, 15) is 13.2 Å². The van der Waals surface area contributed by atoms with Crippen molar-refractivity contribution in [2.45, 2.75) is 25.2 Å². The Hall–Kier alpha value is -1.23. The number of benzene rings is 1. The maximum absolute atomic E-state index is 13.5. The molecule has 5 heteroatoms. The second-order valence-corrected chi connectivity index (χ2v) is 4.44. The first kappa shape index (κ1) is 13.2. The lowest BCUT2D eigenvalue weighted by atomic mass is 9.88. The molecule has 0 aromatic heterocycles. The Labute approximate surface area is 104 Å². The van der Waals surface area contributed by atoms with E-state index < -0.39 is 12.2 Å². The molecule has 2 rings (SSSR count). The Morgan fingerprint density at radius 3 is 2.50 bits per heavy atom. The lowest BCUT2D eigenvalue weighted by Gasteiger charge is -2.25. The van der Waals surface area contributed by atoms with E-state index in [-0.39, 0.29) is 17.2 Å². The molecule has 1 aliphatic rings. The van der Waals surface area contributed by atoms with Gasteiger partial charge in [0.25, 0.3) is 6.43 Å². The average Bonchev–Trinajstić information content (AvgIpc) is 2.38. The molecule has 18 heavy (non-hydrogen) atoms. The molecule has 1 N–H and O–H groups in total. The van der Waals surface area contributed by atoms with Gasteiger partial charge in [0, 0.05) is 5.56 Å². The molecule has 0 radical (unpaired) electrons. The molecule has 0 saturated carbocycles. The zero-order chi connectivity index (χ0) is 13.1. The van der Waals surface area contributed by atoms with Crippen LogP contribution < -0.4 is 10.1 Å². The van der Waals surface area contributed by atoms with Crippen molar-refractivity contribution in [3.05, 3.63) is 29.1 Å². The van der Waals surface area contributed by atoms with Gasteiger partial charge in [0.15, 0.2) is 0 Å². The number of nitrogens with one attached hydrogen (secondary N) is 1. The van der Waals surface area contributed by atoms with Gasteiger partial charge in [0.1, 0.15) is 11.6 Å². The number of piperidine rings is 1. The van der Waals surface area contributed by atoms with Crippen LogP contribution in [-0.2, 0) is 0 Å². The van der Waals surface area contributed by atoms with Gasteiger partial charge in [-0.15, -0.1) is 0 Å². The molecule has 1 heterocycles. The molecule has 100 valence electrons. The van der Waals surface area contributed by atoms with Gasteiger partial charge < -0.3 is 10.1 Å². The van der Waals surface area contributed by atoms with Gasteiger partial charge in [-0.25, -0.2) is 13.2 Å². The number of rotatable bonds is 3. The number of methoxy groups -OCH3 is 1. The number of halogens is 3. The minimum Gasteiger partial charge on any atom is -0.496 e. The molecule has 1 fully saturated rings. The van der Waals surface area contributed by atoms with Crippen LogP contribution in [0.2, 0.25) is 0 Å². The Balaban J connectivity index is 2.43. The van der Waals surface area contributed by atoms with E-state index in [0.717, 1.165) is 32.0 Å². The Kier molecular flexibility index (Phi) is 4.11. The normalized spacial score (nSPS) is 17.2. The van der Waals surface area contributed by atoms with Crippen LogP contribution in [0.1, 0.15) is 36.3 Å². The molecule has 0 amide bonds. The minimum absolute atomic E-state index is 0.0781. The van der Waals surface area contributed by atoms with E-state index in [1.807, 2.05) is 0 Å². The molecule has 1 saturated heterocycles. The van der Waals surface area contributed by atoms with Crippen LogP contribution in [0.5, 0.6) is 5.75 Å². The molecule has 1 aromatic rings. The van der Waals surface area contributed by atoms with E-state index in [4.69, 9.17) is 4.74 Å². The third kappa shape index (κ3) is 2.61. The van der Waals surface area contributed by atoms with Gasteiger partial charge >= 0.3 is 0 Å². The summed E-state index contributed by atoms with van der Waals surface area (Å²) in [7, 11) is 1.35. The average molecular weight is 259 g/mol. The van der Waals surface area contributed by atoms with Crippen LogP contribution in [0.3, 0.4) is 0 Å². The molecule has 0 unspecified atom stereocenters. The molecule has 0 aliphatic carbocycles. The fourth-order valence-electron chi connectivity index (χ4n) is 2.47. The van der Waals surface area contributed by atoms with Crippen molar-refractivity contribution in [1.29, 1.82) is 0 Å². The highest BCUT2D eigenvalue weighted by Gasteiger charge is 2.25. The number of hydrogen-bond acceptors (Lipinski definition) is 2. The molecule has 1 aliphatic heterocycles. The molecule has 0 atom stereocenters. The highest BCUT2D eigenvalue weighted by atomic mass is 19.3. The Morgan fingerprint density at radius 2 is 1.94 bits per heavy atom. The van der Waals surface area contributed by atoms with Crippen LogP contribution in [0.25, 0.3) is 0 Å². The second kappa shape index (κ2) is 5.61. The van der Waals surface area contributed by atoms with Crippen LogP contribution in [-0.4, -0.2) is 20.2 Å². The lowest BCUT2D eigenvalue weighted by Crippen LogP contribution is -2.27. The quantitative estimate of drug-likeness (QED) is 0.899. The van der Waals surface area contributed by atoms with Crippen LogP contribution in [0.4, 0.5) is 13.2 Å². The minimum atomic E-state index is -2.73. The summed E-state index contributed by atoms with van der Waals surface area (Å²) in [4.78, 5) is 0.